The van der Waals surface area contributed by atoms with Crippen LogP contribution < -0.4 is 0 Å². The summed E-state index contributed by atoms with van der Waals surface area (Å²) in [5.41, 5.74) is 19.0. The van der Waals surface area contributed by atoms with Gasteiger partial charge in [-0.2, -0.15) is 0 Å². The maximum absolute atomic E-state index is 2.42. The van der Waals surface area contributed by atoms with E-state index in [9.17, 15) is 0 Å². The van der Waals surface area contributed by atoms with Crippen LogP contribution in [-0.2, 0) is 19.3 Å². The monoisotopic (exact) mass is 588 g/mol. The number of likely N-dealkylation sites (tertiary alicyclic amines) is 1. The van der Waals surface area contributed by atoms with Gasteiger partial charge in [0.2, 0.25) is 0 Å². The highest BCUT2D eigenvalue weighted by Crippen LogP contribution is 2.47. The number of nitrogens with zero attached hydrogens (tertiary/aromatic N) is 1. The van der Waals surface area contributed by atoms with E-state index in [2.05, 4.69) is 116 Å². The molecule has 2 aliphatic carbocycles. The van der Waals surface area contributed by atoms with Crippen LogP contribution in [0.1, 0.15) is 134 Å². The molecule has 0 amide bonds. The predicted octanol–water partition coefficient (Wildman–Crippen LogP) is 11.1. The van der Waals surface area contributed by atoms with Crippen LogP contribution in [-0.4, -0.2) is 25.0 Å². The Balaban J connectivity index is 0.000000186. The molecule has 43 heavy (non-hydrogen) atoms. The average molecular weight is 588 g/mol. The van der Waals surface area contributed by atoms with Crippen LogP contribution in [0.2, 0.25) is 0 Å². The molecule has 2 aromatic carbocycles. The van der Waals surface area contributed by atoms with E-state index in [-0.39, 0.29) is 0 Å². The fraction of sp³-hybridized carbons (Fsp3) is 0.714. The Morgan fingerprint density at radius 1 is 0.535 bits per heavy atom. The Morgan fingerprint density at radius 2 is 1.02 bits per heavy atom. The van der Waals surface area contributed by atoms with Gasteiger partial charge in [0, 0.05) is 6.54 Å². The molecule has 0 saturated carbocycles. The van der Waals surface area contributed by atoms with Crippen molar-refractivity contribution in [1.82, 2.24) is 4.90 Å². The molecule has 1 saturated heterocycles. The molecule has 1 heterocycles. The summed E-state index contributed by atoms with van der Waals surface area (Å²) in [6.07, 6.45) is 6.68. The Bertz CT molecular complexity index is 1260. The van der Waals surface area contributed by atoms with Crippen LogP contribution in [0, 0.1) is 90.9 Å². The molecule has 4 atom stereocenters. The number of fused-ring (bicyclic) bond motifs is 2. The molecule has 1 nitrogen and oxygen atoms in total. The molecule has 0 aromatic heterocycles. The third-order valence-electron chi connectivity index (χ3n) is 12.6. The third-order valence-corrected chi connectivity index (χ3v) is 12.6. The van der Waals surface area contributed by atoms with Crippen LogP contribution in [0.4, 0.5) is 0 Å². The molecular weight excluding hydrogens is 518 g/mol. The summed E-state index contributed by atoms with van der Waals surface area (Å²) >= 11 is 0. The quantitative estimate of drug-likeness (QED) is 0.345. The van der Waals surface area contributed by atoms with E-state index >= 15 is 0 Å². The molecule has 3 aliphatic rings. The van der Waals surface area contributed by atoms with Gasteiger partial charge in [-0.3, -0.25) is 0 Å². The summed E-state index contributed by atoms with van der Waals surface area (Å²) in [6.45, 7) is 37.6. The van der Waals surface area contributed by atoms with Gasteiger partial charge >= 0.3 is 0 Å². The minimum absolute atomic E-state index is 0.756. The molecule has 1 fully saturated rings. The number of benzene rings is 2. The van der Waals surface area contributed by atoms with Gasteiger partial charge in [0.1, 0.15) is 0 Å². The maximum atomic E-state index is 2.42. The Morgan fingerprint density at radius 3 is 1.47 bits per heavy atom. The Labute approximate surface area is 268 Å². The highest BCUT2D eigenvalue weighted by atomic mass is 15.1. The van der Waals surface area contributed by atoms with Crippen molar-refractivity contribution in [2.45, 2.75) is 142 Å². The zero-order valence-electron chi connectivity index (χ0n) is 31.4. The fourth-order valence-corrected chi connectivity index (χ4v) is 8.72. The van der Waals surface area contributed by atoms with Gasteiger partial charge in [-0.25, -0.2) is 0 Å². The summed E-state index contributed by atoms with van der Waals surface area (Å²) < 4.78 is 0. The highest BCUT2D eigenvalue weighted by Gasteiger charge is 2.35. The minimum atomic E-state index is 0.756. The molecule has 1 aliphatic heterocycles. The molecule has 0 radical (unpaired) electrons. The Hall–Kier alpha value is -1.60. The van der Waals surface area contributed by atoms with Gasteiger partial charge in [0.15, 0.2) is 0 Å². The molecule has 242 valence electrons. The van der Waals surface area contributed by atoms with E-state index in [0.29, 0.717) is 0 Å². The van der Waals surface area contributed by atoms with Crippen LogP contribution in [0.3, 0.4) is 0 Å². The lowest BCUT2D eigenvalue weighted by atomic mass is 9.74. The van der Waals surface area contributed by atoms with Gasteiger partial charge in [0.25, 0.3) is 0 Å². The molecule has 1 heteroatoms. The van der Waals surface area contributed by atoms with Crippen molar-refractivity contribution in [3.05, 3.63) is 66.8 Å². The van der Waals surface area contributed by atoms with E-state index in [1.54, 1.807) is 44.5 Å². The van der Waals surface area contributed by atoms with Gasteiger partial charge in [-0.1, -0.05) is 48.5 Å². The van der Waals surface area contributed by atoms with Crippen molar-refractivity contribution < 1.29 is 0 Å². The summed E-state index contributed by atoms with van der Waals surface area (Å²) in [5, 5.41) is 0. The van der Waals surface area contributed by atoms with Crippen molar-refractivity contribution in [1.29, 1.82) is 0 Å². The van der Waals surface area contributed by atoms with Gasteiger partial charge in [-0.15, -0.1) is 0 Å². The SMILES string of the molecule is CC(C)C1CCN(C)C1.Cc1c(C)c(C)c2c(c1C)CC(C)C2C(C)C.Cc1c(C)c(C)c2c(c1C)CCC(C(C)C)C2. The van der Waals surface area contributed by atoms with Crippen molar-refractivity contribution in [2.75, 3.05) is 20.1 Å². The topological polar surface area (TPSA) is 3.24 Å². The first-order chi connectivity index (χ1) is 20.0. The van der Waals surface area contributed by atoms with Crippen LogP contribution in [0.5, 0.6) is 0 Å². The Kier molecular flexibility index (Phi) is 12.2. The second kappa shape index (κ2) is 14.7. The lowest BCUT2D eigenvalue weighted by molar-refractivity contribution is 0.341. The molecule has 0 bridgehead atoms. The number of hydrogen-bond donors (Lipinski definition) is 0. The van der Waals surface area contributed by atoms with Crippen LogP contribution >= 0.6 is 0 Å². The van der Waals surface area contributed by atoms with Crippen molar-refractivity contribution in [3.63, 3.8) is 0 Å². The third kappa shape index (κ3) is 7.62. The number of rotatable bonds is 3. The van der Waals surface area contributed by atoms with Gasteiger partial charge in [-0.05, 0) is 209 Å². The summed E-state index contributed by atoms with van der Waals surface area (Å²) in [4.78, 5) is 2.42. The van der Waals surface area contributed by atoms with Crippen molar-refractivity contribution in [3.8, 4) is 0 Å². The van der Waals surface area contributed by atoms with Crippen molar-refractivity contribution in [2.24, 2.45) is 35.5 Å². The second-order valence-corrected chi connectivity index (χ2v) is 16.1. The second-order valence-electron chi connectivity index (χ2n) is 16.1. The molecular formula is C42H69N. The molecule has 5 rings (SSSR count). The first-order valence-corrected chi connectivity index (χ1v) is 17.8. The molecule has 0 spiro atoms. The average Bonchev–Trinajstić information content (AvgIpc) is 3.56. The predicted molar refractivity (Wildman–Crippen MR) is 192 cm³/mol. The molecule has 2 aromatic rings. The maximum Gasteiger partial charge on any atom is 0.000953 e. The lowest BCUT2D eigenvalue weighted by Gasteiger charge is -2.31. The van der Waals surface area contributed by atoms with E-state index in [1.807, 2.05) is 0 Å². The highest BCUT2D eigenvalue weighted by molar-refractivity contribution is 5.54. The van der Waals surface area contributed by atoms with E-state index in [0.717, 1.165) is 41.4 Å². The van der Waals surface area contributed by atoms with E-state index in [4.69, 9.17) is 0 Å². The summed E-state index contributed by atoms with van der Waals surface area (Å²) in [5.74, 6) is 5.90. The van der Waals surface area contributed by atoms with Gasteiger partial charge < -0.3 is 4.90 Å². The van der Waals surface area contributed by atoms with Crippen LogP contribution in [0.25, 0.3) is 0 Å². The zero-order valence-corrected chi connectivity index (χ0v) is 31.4. The normalized spacial score (nSPS) is 23.2. The first-order valence-electron chi connectivity index (χ1n) is 17.8. The zero-order chi connectivity index (χ0) is 32.5. The molecule has 4 unspecified atom stereocenters. The van der Waals surface area contributed by atoms with E-state index in [1.165, 1.54) is 67.4 Å². The smallest absolute Gasteiger partial charge is 0.000953 e. The summed E-state index contributed by atoms with van der Waals surface area (Å²) in [7, 11) is 2.21. The minimum Gasteiger partial charge on any atom is -0.306 e. The van der Waals surface area contributed by atoms with Crippen molar-refractivity contribution >= 4 is 0 Å². The lowest BCUT2D eigenvalue weighted by Crippen LogP contribution is -2.21. The fourth-order valence-electron chi connectivity index (χ4n) is 8.72. The number of hydrogen-bond acceptors (Lipinski definition) is 1. The summed E-state index contributed by atoms with van der Waals surface area (Å²) in [6, 6.07) is 0. The van der Waals surface area contributed by atoms with Crippen LogP contribution in [0.15, 0.2) is 0 Å². The van der Waals surface area contributed by atoms with Gasteiger partial charge in [0.05, 0.1) is 0 Å². The standard InChI is InChI=1S/2C17H26.C8H17N/c1-9(2)16-10(3)8-15-13(6)11(4)12(5)14(7)17(15)16;1-10(2)15-7-8-16-13(5)11(3)12(4)14(6)17(16)9-15;1-7(2)8-4-5-9(3)6-8/h9-10,16H,8H2,1-7H3;10,15H,7-9H2,1-6H3;7-8H,4-6H2,1-3H3. The largest absolute Gasteiger partial charge is 0.306 e. The van der Waals surface area contributed by atoms with E-state index < -0.39 is 0 Å². The molecule has 0 N–H and O–H groups in total. The first kappa shape index (κ1) is 35.9.